The predicted molar refractivity (Wildman–Crippen MR) is 43.3 cm³/mol. The number of aliphatic hydroxyl groups is 1. The van der Waals surface area contributed by atoms with Crippen LogP contribution < -0.4 is 11.1 Å². The Morgan fingerprint density at radius 2 is 2.08 bits per heavy atom. The minimum atomic E-state index is -0.830. The summed E-state index contributed by atoms with van der Waals surface area (Å²) in [5.74, 6) is -0.726. The molecule has 0 aromatic carbocycles. The summed E-state index contributed by atoms with van der Waals surface area (Å²) in [5.41, 5.74) is 5.23. The molecular formula is C7H14N2O3. The van der Waals surface area contributed by atoms with E-state index >= 15 is 0 Å². The number of amides is 1. The van der Waals surface area contributed by atoms with Crippen molar-refractivity contribution in [3.05, 3.63) is 0 Å². The SMILES string of the molecule is CC(=O)C(CO)NC(=O)C(C)N. The van der Waals surface area contributed by atoms with Gasteiger partial charge in [0.05, 0.1) is 12.6 Å². The fourth-order valence-electron chi connectivity index (χ4n) is 0.579. The molecule has 0 aliphatic rings. The second kappa shape index (κ2) is 4.84. The molecule has 0 aromatic rings. The standard InChI is InChI=1S/C7H14N2O3/c1-4(8)7(12)9-6(3-10)5(2)11/h4,6,10H,3,8H2,1-2H3,(H,9,12). The van der Waals surface area contributed by atoms with Gasteiger partial charge in [-0.15, -0.1) is 0 Å². The summed E-state index contributed by atoms with van der Waals surface area (Å²) in [6.45, 7) is 2.40. The number of ketones is 1. The highest BCUT2D eigenvalue weighted by Gasteiger charge is 2.17. The summed E-state index contributed by atoms with van der Waals surface area (Å²) in [4.78, 5) is 21.6. The van der Waals surface area contributed by atoms with Gasteiger partial charge < -0.3 is 16.2 Å². The molecular weight excluding hydrogens is 160 g/mol. The molecule has 5 heteroatoms. The van der Waals surface area contributed by atoms with Crippen molar-refractivity contribution >= 4 is 11.7 Å². The van der Waals surface area contributed by atoms with E-state index in [0.29, 0.717) is 0 Å². The largest absolute Gasteiger partial charge is 0.394 e. The molecule has 0 heterocycles. The Hall–Kier alpha value is -0.940. The first-order valence-corrected chi connectivity index (χ1v) is 3.66. The van der Waals surface area contributed by atoms with Gasteiger partial charge >= 0.3 is 0 Å². The Labute approximate surface area is 70.9 Å². The smallest absolute Gasteiger partial charge is 0.237 e. The van der Waals surface area contributed by atoms with Crippen molar-refractivity contribution in [3.63, 3.8) is 0 Å². The Morgan fingerprint density at radius 3 is 2.33 bits per heavy atom. The molecule has 0 aliphatic carbocycles. The number of nitrogens with one attached hydrogen (secondary N) is 1. The predicted octanol–water partition coefficient (Wildman–Crippen LogP) is -1.60. The van der Waals surface area contributed by atoms with Crippen molar-refractivity contribution in [3.8, 4) is 0 Å². The lowest BCUT2D eigenvalue weighted by molar-refractivity contribution is -0.128. The fourth-order valence-corrected chi connectivity index (χ4v) is 0.579. The molecule has 0 bridgehead atoms. The van der Waals surface area contributed by atoms with Gasteiger partial charge in [0, 0.05) is 0 Å². The maximum absolute atomic E-state index is 10.9. The summed E-state index contributed by atoms with van der Waals surface area (Å²) in [7, 11) is 0. The Morgan fingerprint density at radius 1 is 1.58 bits per heavy atom. The van der Waals surface area contributed by atoms with E-state index in [9.17, 15) is 9.59 Å². The lowest BCUT2D eigenvalue weighted by Crippen LogP contribution is -2.48. The van der Waals surface area contributed by atoms with E-state index in [1.165, 1.54) is 13.8 Å². The van der Waals surface area contributed by atoms with E-state index in [-0.39, 0.29) is 5.78 Å². The van der Waals surface area contributed by atoms with E-state index < -0.39 is 24.6 Å². The van der Waals surface area contributed by atoms with Crippen molar-refractivity contribution in [1.82, 2.24) is 5.32 Å². The number of carbonyl (C=O) groups excluding carboxylic acids is 2. The molecule has 0 aromatic heterocycles. The monoisotopic (exact) mass is 174 g/mol. The van der Waals surface area contributed by atoms with Crippen LogP contribution in [0.3, 0.4) is 0 Å². The first-order valence-electron chi connectivity index (χ1n) is 3.66. The quantitative estimate of drug-likeness (QED) is 0.478. The van der Waals surface area contributed by atoms with Crippen LogP contribution in [0.15, 0.2) is 0 Å². The van der Waals surface area contributed by atoms with Crippen molar-refractivity contribution in [2.24, 2.45) is 5.73 Å². The van der Waals surface area contributed by atoms with Crippen LogP contribution in [0.25, 0.3) is 0 Å². The number of rotatable bonds is 4. The topological polar surface area (TPSA) is 92.4 Å². The third kappa shape index (κ3) is 3.45. The summed E-state index contributed by atoms with van der Waals surface area (Å²) < 4.78 is 0. The molecule has 0 fully saturated rings. The third-order valence-electron chi connectivity index (χ3n) is 1.40. The summed E-state index contributed by atoms with van der Waals surface area (Å²) in [5, 5.41) is 11.0. The minimum Gasteiger partial charge on any atom is -0.394 e. The van der Waals surface area contributed by atoms with Crippen LogP contribution in [-0.2, 0) is 9.59 Å². The first-order chi connectivity index (χ1) is 5.49. The number of hydrogen-bond acceptors (Lipinski definition) is 4. The molecule has 0 aliphatic heterocycles. The van der Waals surface area contributed by atoms with Gasteiger partial charge in [-0.1, -0.05) is 0 Å². The second-order valence-corrected chi connectivity index (χ2v) is 2.64. The summed E-state index contributed by atoms with van der Waals surface area (Å²) in [6.07, 6.45) is 0. The third-order valence-corrected chi connectivity index (χ3v) is 1.40. The minimum absolute atomic E-state index is 0.286. The van der Waals surface area contributed by atoms with E-state index in [1.54, 1.807) is 0 Å². The van der Waals surface area contributed by atoms with E-state index in [1.807, 2.05) is 0 Å². The van der Waals surface area contributed by atoms with Crippen molar-refractivity contribution < 1.29 is 14.7 Å². The van der Waals surface area contributed by atoms with Gasteiger partial charge in [0.15, 0.2) is 5.78 Å². The number of carbonyl (C=O) groups is 2. The van der Waals surface area contributed by atoms with Crippen molar-refractivity contribution in [2.75, 3.05) is 6.61 Å². The molecule has 12 heavy (non-hydrogen) atoms. The number of aliphatic hydroxyl groups excluding tert-OH is 1. The lowest BCUT2D eigenvalue weighted by atomic mass is 10.2. The lowest BCUT2D eigenvalue weighted by Gasteiger charge is -2.14. The van der Waals surface area contributed by atoms with Crippen LogP contribution in [0, 0.1) is 0 Å². The molecule has 0 radical (unpaired) electrons. The van der Waals surface area contributed by atoms with E-state index in [2.05, 4.69) is 5.32 Å². The fraction of sp³-hybridized carbons (Fsp3) is 0.714. The number of hydrogen-bond donors (Lipinski definition) is 3. The average Bonchev–Trinajstić information content (AvgIpc) is 1.98. The van der Waals surface area contributed by atoms with Crippen LogP contribution in [0.2, 0.25) is 0 Å². The molecule has 4 N–H and O–H groups in total. The highest BCUT2D eigenvalue weighted by Crippen LogP contribution is 1.86. The zero-order chi connectivity index (χ0) is 9.72. The van der Waals surface area contributed by atoms with E-state index in [4.69, 9.17) is 10.8 Å². The second-order valence-electron chi connectivity index (χ2n) is 2.64. The Bertz CT molecular complexity index is 179. The maximum atomic E-state index is 10.9. The van der Waals surface area contributed by atoms with Crippen molar-refractivity contribution in [2.45, 2.75) is 25.9 Å². The van der Waals surface area contributed by atoms with Crippen LogP contribution in [-0.4, -0.2) is 35.5 Å². The molecule has 2 atom stereocenters. The highest BCUT2D eigenvalue weighted by atomic mass is 16.3. The van der Waals surface area contributed by atoms with Gasteiger partial charge in [0.2, 0.25) is 5.91 Å². The van der Waals surface area contributed by atoms with Gasteiger partial charge in [-0.05, 0) is 13.8 Å². The molecule has 0 spiro atoms. The van der Waals surface area contributed by atoms with Crippen molar-refractivity contribution in [1.29, 1.82) is 0 Å². The normalized spacial score (nSPS) is 15.0. The zero-order valence-electron chi connectivity index (χ0n) is 7.20. The Balaban J connectivity index is 4.03. The highest BCUT2D eigenvalue weighted by molar-refractivity contribution is 5.89. The molecule has 70 valence electrons. The summed E-state index contributed by atoms with van der Waals surface area (Å²) >= 11 is 0. The molecule has 0 saturated carbocycles. The van der Waals surface area contributed by atoms with Gasteiger partial charge in [-0.2, -0.15) is 0 Å². The number of Topliss-reactive ketones (excluding diaryl/α,β-unsaturated/α-hetero) is 1. The van der Waals surface area contributed by atoms with Crippen LogP contribution in [0.5, 0.6) is 0 Å². The average molecular weight is 174 g/mol. The molecule has 1 amide bonds. The van der Waals surface area contributed by atoms with Gasteiger partial charge in [-0.25, -0.2) is 0 Å². The molecule has 0 rings (SSSR count). The van der Waals surface area contributed by atoms with E-state index in [0.717, 1.165) is 0 Å². The summed E-state index contributed by atoms with van der Waals surface area (Å²) in [6, 6.07) is -1.50. The van der Waals surface area contributed by atoms with Crippen LogP contribution in [0.1, 0.15) is 13.8 Å². The van der Waals surface area contributed by atoms with Crippen LogP contribution >= 0.6 is 0 Å². The zero-order valence-corrected chi connectivity index (χ0v) is 7.20. The van der Waals surface area contributed by atoms with Gasteiger partial charge in [0.25, 0.3) is 0 Å². The van der Waals surface area contributed by atoms with Gasteiger partial charge in [0.1, 0.15) is 6.04 Å². The molecule has 2 unspecified atom stereocenters. The van der Waals surface area contributed by atoms with Gasteiger partial charge in [-0.3, -0.25) is 9.59 Å². The first kappa shape index (κ1) is 11.1. The number of nitrogens with two attached hydrogens (primary N) is 1. The molecule has 0 saturated heterocycles. The van der Waals surface area contributed by atoms with Crippen LogP contribution in [0.4, 0.5) is 0 Å². The maximum Gasteiger partial charge on any atom is 0.237 e. The Kier molecular flexibility index (Phi) is 4.46. The molecule has 5 nitrogen and oxygen atoms in total.